The first-order valence-electron chi connectivity index (χ1n) is 6.05. The van der Waals surface area contributed by atoms with E-state index in [1.54, 1.807) is 0 Å². The maximum Gasteiger partial charge on any atom is 0.275 e. The highest BCUT2D eigenvalue weighted by Crippen LogP contribution is 2.33. The molecule has 0 spiro atoms. The molecule has 0 bridgehead atoms. The molecule has 1 unspecified atom stereocenters. The molecule has 1 amide bonds. The number of rotatable bonds is 6. The molecule has 1 heterocycles. The van der Waals surface area contributed by atoms with E-state index in [0.717, 1.165) is 15.6 Å². The molecule has 0 radical (unpaired) electrons. The van der Waals surface area contributed by atoms with E-state index in [1.807, 2.05) is 24.3 Å². The second-order valence-electron chi connectivity index (χ2n) is 4.23. The predicted molar refractivity (Wildman–Crippen MR) is 82.7 cm³/mol. The van der Waals surface area contributed by atoms with Gasteiger partial charge >= 0.3 is 0 Å². The lowest BCUT2D eigenvalue weighted by molar-refractivity contribution is 0.0957. The van der Waals surface area contributed by atoms with E-state index in [0.29, 0.717) is 16.4 Å². The van der Waals surface area contributed by atoms with Crippen LogP contribution in [0.25, 0.3) is 10.1 Å². The Labute approximate surface area is 124 Å². The normalized spacial score (nSPS) is 12.6. The van der Waals surface area contributed by atoms with Crippen molar-refractivity contribution in [2.45, 2.75) is 11.9 Å². The van der Waals surface area contributed by atoms with E-state index in [9.17, 15) is 9.90 Å². The fraction of sp³-hybridized carbons (Fsp3) is 0.308. The molecule has 0 saturated heterocycles. The maximum absolute atomic E-state index is 11.8. The molecule has 0 aliphatic heterocycles. The summed E-state index contributed by atoms with van der Waals surface area (Å²) in [5, 5.41) is 19.2. The Kier molecular flexibility index (Phi) is 5.38. The Balaban J connectivity index is 2.26. The van der Waals surface area contributed by atoms with E-state index in [-0.39, 0.29) is 12.5 Å². The summed E-state index contributed by atoms with van der Waals surface area (Å²) in [5.41, 5.74) is 3.09. The van der Waals surface area contributed by atoms with Crippen LogP contribution in [0, 0.1) is 0 Å². The number of thiophene rings is 1. The molecular formula is C13H16N2O3S2. The van der Waals surface area contributed by atoms with Crippen LogP contribution in [0.15, 0.2) is 24.3 Å². The van der Waals surface area contributed by atoms with Gasteiger partial charge in [0.15, 0.2) is 0 Å². The topological polar surface area (TPSA) is 95.6 Å². The molecule has 108 valence electrons. The van der Waals surface area contributed by atoms with Gasteiger partial charge in [-0.1, -0.05) is 18.2 Å². The Morgan fingerprint density at radius 2 is 2.20 bits per heavy atom. The van der Waals surface area contributed by atoms with Gasteiger partial charge in [0.1, 0.15) is 0 Å². The van der Waals surface area contributed by atoms with E-state index >= 15 is 0 Å². The molecule has 20 heavy (non-hydrogen) atoms. The molecule has 0 fully saturated rings. The van der Waals surface area contributed by atoms with Crippen molar-refractivity contribution in [3.63, 3.8) is 0 Å². The quantitative estimate of drug-likeness (QED) is 0.364. The zero-order valence-corrected chi connectivity index (χ0v) is 12.3. The largest absolute Gasteiger partial charge is 0.394 e. The first-order chi connectivity index (χ1) is 9.67. The number of carbonyl (C=O) groups is 1. The molecule has 0 saturated carbocycles. The Hall–Kier alpha value is -1.12. The number of fused-ring (bicyclic) bond motifs is 1. The van der Waals surface area contributed by atoms with Crippen molar-refractivity contribution >= 4 is 39.1 Å². The zero-order chi connectivity index (χ0) is 14.5. The summed E-state index contributed by atoms with van der Waals surface area (Å²) in [6, 6.07) is 7.78. The van der Waals surface area contributed by atoms with Gasteiger partial charge in [0.25, 0.3) is 5.91 Å². The summed E-state index contributed by atoms with van der Waals surface area (Å²) in [6.45, 7) is -0.256. The first kappa shape index (κ1) is 15.3. The van der Waals surface area contributed by atoms with Crippen LogP contribution in [0.4, 0.5) is 0 Å². The fourth-order valence-corrected chi connectivity index (χ4v) is 4.06. The molecule has 1 atom stereocenters. The van der Waals surface area contributed by atoms with E-state index < -0.39 is 6.10 Å². The van der Waals surface area contributed by atoms with Crippen LogP contribution in [-0.2, 0) is 5.75 Å². The number of hydrogen-bond acceptors (Lipinski definition) is 6. The number of aliphatic hydroxyl groups excluding tert-OH is 2. The van der Waals surface area contributed by atoms with Gasteiger partial charge in [-0.3, -0.25) is 10.2 Å². The molecule has 0 aliphatic rings. The number of nitrogens with one attached hydrogen (secondary N) is 1. The molecule has 0 aliphatic carbocycles. The lowest BCUT2D eigenvalue weighted by Crippen LogP contribution is -2.29. The second-order valence-corrected chi connectivity index (χ2v) is 6.31. The van der Waals surface area contributed by atoms with Crippen molar-refractivity contribution in [1.82, 2.24) is 5.43 Å². The summed E-state index contributed by atoms with van der Waals surface area (Å²) in [7, 11) is 0. The van der Waals surface area contributed by atoms with Crippen molar-refractivity contribution in [2.75, 3.05) is 12.4 Å². The van der Waals surface area contributed by atoms with Crippen molar-refractivity contribution in [3.8, 4) is 0 Å². The van der Waals surface area contributed by atoms with Gasteiger partial charge in [-0.05, 0) is 17.0 Å². The average Bonchev–Trinajstić information content (AvgIpc) is 2.85. The molecule has 7 heteroatoms. The van der Waals surface area contributed by atoms with Gasteiger partial charge in [0.05, 0.1) is 17.6 Å². The Bertz CT molecular complexity index is 600. The monoisotopic (exact) mass is 312 g/mol. The molecule has 2 aromatic rings. The number of amides is 1. The smallest absolute Gasteiger partial charge is 0.275 e. The van der Waals surface area contributed by atoms with Crippen LogP contribution in [0.3, 0.4) is 0 Å². The number of nitrogen functional groups attached to an aromatic ring is 1. The minimum Gasteiger partial charge on any atom is -0.394 e. The van der Waals surface area contributed by atoms with Gasteiger partial charge in [-0.15, -0.1) is 11.3 Å². The number of hydrogen-bond donors (Lipinski definition) is 4. The summed E-state index contributed by atoms with van der Waals surface area (Å²) >= 11 is 2.88. The highest BCUT2D eigenvalue weighted by Gasteiger charge is 2.17. The number of aliphatic hydroxyl groups is 2. The van der Waals surface area contributed by atoms with E-state index in [1.165, 1.54) is 23.1 Å². The molecule has 1 aromatic carbocycles. The van der Waals surface area contributed by atoms with Gasteiger partial charge in [-0.25, -0.2) is 5.84 Å². The molecular weight excluding hydrogens is 296 g/mol. The lowest BCUT2D eigenvalue weighted by Gasteiger charge is -2.07. The van der Waals surface area contributed by atoms with Crippen molar-refractivity contribution in [2.24, 2.45) is 5.84 Å². The van der Waals surface area contributed by atoms with Crippen LogP contribution in [0.5, 0.6) is 0 Å². The lowest BCUT2D eigenvalue weighted by atomic mass is 10.1. The number of carbonyl (C=O) groups excluding carboxylic acids is 1. The molecule has 1 aromatic heterocycles. The zero-order valence-electron chi connectivity index (χ0n) is 10.7. The first-order valence-corrected chi connectivity index (χ1v) is 8.02. The summed E-state index contributed by atoms with van der Waals surface area (Å²) in [4.78, 5) is 12.4. The highest BCUT2D eigenvalue weighted by molar-refractivity contribution is 7.98. The summed E-state index contributed by atoms with van der Waals surface area (Å²) < 4.78 is 1.03. The number of thioether (sulfide) groups is 1. The van der Waals surface area contributed by atoms with Gasteiger partial charge in [0.2, 0.25) is 0 Å². The van der Waals surface area contributed by atoms with Crippen molar-refractivity contribution in [3.05, 3.63) is 34.7 Å². The minimum atomic E-state index is -0.739. The van der Waals surface area contributed by atoms with Crippen LogP contribution < -0.4 is 11.3 Å². The molecule has 2 rings (SSSR count). The standard InChI is InChI=1S/C13H16N2O3S2/c14-15-13(18)12-10(7-19-6-8(17)5-16)9-3-1-2-4-11(9)20-12/h1-4,8,16-17H,5-7,14H2,(H,15,18). The van der Waals surface area contributed by atoms with Crippen LogP contribution in [0.1, 0.15) is 15.2 Å². The number of benzene rings is 1. The fourth-order valence-electron chi connectivity index (χ4n) is 1.84. The molecule has 5 N–H and O–H groups in total. The predicted octanol–water partition coefficient (Wildman–Crippen LogP) is 1.09. The summed E-state index contributed by atoms with van der Waals surface area (Å²) in [5.74, 6) is 5.93. The number of nitrogens with two attached hydrogens (primary N) is 1. The Morgan fingerprint density at radius 1 is 1.45 bits per heavy atom. The minimum absolute atomic E-state index is 0.256. The second kappa shape index (κ2) is 7.05. The van der Waals surface area contributed by atoms with Gasteiger partial charge in [-0.2, -0.15) is 11.8 Å². The van der Waals surface area contributed by atoms with Crippen LogP contribution >= 0.6 is 23.1 Å². The average molecular weight is 312 g/mol. The third-order valence-electron chi connectivity index (χ3n) is 2.80. The number of hydrazine groups is 1. The van der Waals surface area contributed by atoms with Crippen molar-refractivity contribution in [1.29, 1.82) is 0 Å². The van der Waals surface area contributed by atoms with E-state index in [4.69, 9.17) is 10.9 Å². The van der Waals surface area contributed by atoms with Gasteiger partial charge < -0.3 is 10.2 Å². The van der Waals surface area contributed by atoms with Crippen molar-refractivity contribution < 1.29 is 15.0 Å². The van der Waals surface area contributed by atoms with Crippen LogP contribution in [-0.4, -0.2) is 34.6 Å². The van der Waals surface area contributed by atoms with Crippen LogP contribution in [0.2, 0.25) is 0 Å². The van der Waals surface area contributed by atoms with Gasteiger partial charge in [0, 0.05) is 16.2 Å². The summed E-state index contributed by atoms with van der Waals surface area (Å²) in [6.07, 6.45) is -0.739. The highest BCUT2D eigenvalue weighted by atomic mass is 32.2. The molecule has 5 nitrogen and oxygen atoms in total. The third kappa shape index (κ3) is 3.31. The third-order valence-corrected chi connectivity index (χ3v) is 5.13. The Morgan fingerprint density at radius 3 is 2.90 bits per heavy atom. The van der Waals surface area contributed by atoms with E-state index in [2.05, 4.69) is 5.43 Å². The SMILES string of the molecule is NNC(=O)c1sc2ccccc2c1CSCC(O)CO. The maximum atomic E-state index is 11.8.